The number of nitrogens with one attached hydrogen (secondary N) is 1. The van der Waals surface area contributed by atoms with Crippen LogP contribution in [-0.4, -0.2) is 28.4 Å². The van der Waals surface area contributed by atoms with Crippen LogP contribution in [0.5, 0.6) is 5.75 Å². The number of ether oxygens (including phenoxy) is 1. The molecule has 1 unspecified atom stereocenters. The zero-order valence-corrected chi connectivity index (χ0v) is 10.6. The van der Waals surface area contributed by atoms with Crippen molar-refractivity contribution < 1.29 is 4.74 Å². The van der Waals surface area contributed by atoms with Crippen molar-refractivity contribution in [3.05, 3.63) is 30.1 Å². The van der Waals surface area contributed by atoms with Crippen LogP contribution >= 0.6 is 0 Å². The number of hydrogen-bond acceptors (Lipinski definition) is 4. The van der Waals surface area contributed by atoms with Gasteiger partial charge in [0.2, 0.25) is 0 Å². The number of benzene rings is 1. The van der Waals surface area contributed by atoms with Crippen molar-refractivity contribution >= 4 is 0 Å². The fourth-order valence-corrected chi connectivity index (χ4v) is 2.29. The highest BCUT2D eigenvalue weighted by Gasteiger charge is 2.21. The van der Waals surface area contributed by atoms with Gasteiger partial charge in [-0.2, -0.15) is 0 Å². The van der Waals surface area contributed by atoms with Crippen molar-refractivity contribution in [3.63, 3.8) is 0 Å². The number of rotatable bonds is 2. The molecule has 0 fully saturated rings. The first-order valence-electron chi connectivity index (χ1n) is 6.10. The molecule has 1 aromatic carbocycles. The lowest BCUT2D eigenvalue weighted by atomic mass is 10.2. The molecule has 1 N–H and O–H groups in total. The number of nitrogens with zero attached hydrogens (tertiary/aromatic N) is 3. The monoisotopic (exact) mass is 244 g/mol. The Hall–Kier alpha value is -1.88. The van der Waals surface area contributed by atoms with Crippen molar-refractivity contribution in [2.24, 2.45) is 0 Å². The molecule has 0 saturated heterocycles. The Balaban J connectivity index is 2.01. The summed E-state index contributed by atoms with van der Waals surface area (Å²) in [7, 11) is 1.67. The standard InChI is InChI=1S/C13H16N4O/c1-9-12-15-16-13(17(12)8-7-14-9)10-3-5-11(18-2)6-4-10/h3-6,9,14H,7-8H2,1-2H3. The molecule has 1 aliphatic rings. The van der Waals surface area contributed by atoms with Crippen molar-refractivity contribution in [1.82, 2.24) is 20.1 Å². The summed E-state index contributed by atoms with van der Waals surface area (Å²) in [4.78, 5) is 0. The topological polar surface area (TPSA) is 52.0 Å². The van der Waals surface area contributed by atoms with Gasteiger partial charge in [0, 0.05) is 18.7 Å². The van der Waals surface area contributed by atoms with E-state index >= 15 is 0 Å². The molecule has 0 radical (unpaired) electrons. The first-order chi connectivity index (χ1) is 8.79. The van der Waals surface area contributed by atoms with Crippen molar-refractivity contribution in [3.8, 4) is 17.1 Å². The van der Waals surface area contributed by atoms with Gasteiger partial charge >= 0.3 is 0 Å². The first kappa shape index (κ1) is 11.2. The second-order valence-electron chi connectivity index (χ2n) is 4.44. The predicted molar refractivity (Wildman–Crippen MR) is 68.4 cm³/mol. The average Bonchev–Trinajstić information content (AvgIpc) is 2.84. The zero-order chi connectivity index (χ0) is 12.5. The van der Waals surface area contributed by atoms with Crippen molar-refractivity contribution in [1.29, 1.82) is 0 Å². The van der Waals surface area contributed by atoms with Crippen LogP contribution in [0.3, 0.4) is 0 Å². The van der Waals surface area contributed by atoms with Gasteiger partial charge in [-0.05, 0) is 31.2 Å². The van der Waals surface area contributed by atoms with Crippen LogP contribution in [-0.2, 0) is 6.54 Å². The van der Waals surface area contributed by atoms with Gasteiger partial charge < -0.3 is 14.6 Å². The molecule has 0 bridgehead atoms. The Kier molecular flexibility index (Phi) is 2.76. The molecule has 2 heterocycles. The van der Waals surface area contributed by atoms with Gasteiger partial charge in [0.15, 0.2) is 5.82 Å². The summed E-state index contributed by atoms with van der Waals surface area (Å²) in [6.45, 7) is 3.97. The maximum absolute atomic E-state index is 5.16. The molecule has 2 aromatic rings. The molecule has 1 aliphatic heterocycles. The zero-order valence-electron chi connectivity index (χ0n) is 10.6. The predicted octanol–water partition coefficient (Wildman–Crippen LogP) is 1.62. The third-order valence-corrected chi connectivity index (χ3v) is 3.30. The highest BCUT2D eigenvalue weighted by Crippen LogP contribution is 2.24. The highest BCUT2D eigenvalue weighted by molar-refractivity contribution is 5.56. The lowest BCUT2D eigenvalue weighted by molar-refractivity contribution is 0.415. The smallest absolute Gasteiger partial charge is 0.164 e. The van der Waals surface area contributed by atoms with E-state index < -0.39 is 0 Å². The summed E-state index contributed by atoms with van der Waals surface area (Å²) in [5.41, 5.74) is 1.07. The normalized spacial score (nSPS) is 18.4. The Labute approximate surface area is 106 Å². The third kappa shape index (κ3) is 1.76. The molecular formula is C13H16N4O. The van der Waals surface area contributed by atoms with Crippen LogP contribution in [0, 0.1) is 0 Å². The highest BCUT2D eigenvalue weighted by atomic mass is 16.5. The maximum Gasteiger partial charge on any atom is 0.164 e. The van der Waals surface area contributed by atoms with Gasteiger partial charge in [-0.25, -0.2) is 0 Å². The van der Waals surface area contributed by atoms with E-state index in [2.05, 4.69) is 27.0 Å². The fourth-order valence-electron chi connectivity index (χ4n) is 2.29. The molecule has 1 aromatic heterocycles. The van der Waals surface area contributed by atoms with E-state index in [4.69, 9.17) is 4.74 Å². The van der Waals surface area contributed by atoms with Crippen LogP contribution in [0.2, 0.25) is 0 Å². The largest absolute Gasteiger partial charge is 0.497 e. The minimum Gasteiger partial charge on any atom is -0.497 e. The van der Waals surface area contributed by atoms with Gasteiger partial charge in [0.05, 0.1) is 13.2 Å². The molecule has 0 amide bonds. The van der Waals surface area contributed by atoms with E-state index in [9.17, 15) is 0 Å². The summed E-state index contributed by atoms with van der Waals surface area (Å²) in [6.07, 6.45) is 0. The SMILES string of the molecule is COc1ccc(-c2nnc3n2CCNC3C)cc1. The molecule has 0 aliphatic carbocycles. The minimum absolute atomic E-state index is 0.262. The van der Waals surface area contributed by atoms with Gasteiger partial charge in [-0.1, -0.05) is 0 Å². The molecule has 0 spiro atoms. The maximum atomic E-state index is 5.16. The molecule has 94 valence electrons. The van der Waals surface area contributed by atoms with Crippen LogP contribution in [0.25, 0.3) is 11.4 Å². The van der Waals surface area contributed by atoms with Crippen molar-refractivity contribution in [2.75, 3.05) is 13.7 Å². The lowest BCUT2D eigenvalue weighted by Crippen LogP contribution is -2.32. The summed E-state index contributed by atoms with van der Waals surface area (Å²) >= 11 is 0. The van der Waals surface area contributed by atoms with E-state index in [-0.39, 0.29) is 6.04 Å². The minimum atomic E-state index is 0.262. The van der Waals surface area contributed by atoms with Gasteiger partial charge in [-0.3, -0.25) is 0 Å². The molecule has 18 heavy (non-hydrogen) atoms. The fraction of sp³-hybridized carbons (Fsp3) is 0.385. The summed E-state index contributed by atoms with van der Waals surface area (Å²) in [5, 5.41) is 12.0. The van der Waals surface area contributed by atoms with Crippen LogP contribution in [0.4, 0.5) is 0 Å². The van der Waals surface area contributed by atoms with E-state index in [1.165, 1.54) is 0 Å². The number of fused-ring (bicyclic) bond motifs is 1. The van der Waals surface area contributed by atoms with Gasteiger partial charge in [0.25, 0.3) is 0 Å². The lowest BCUT2D eigenvalue weighted by Gasteiger charge is -2.21. The van der Waals surface area contributed by atoms with Gasteiger partial charge in [0.1, 0.15) is 11.6 Å². The quantitative estimate of drug-likeness (QED) is 0.872. The molecule has 5 nitrogen and oxygen atoms in total. The van der Waals surface area contributed by atoms with E-state index in [1.807, 2.05) is 24.3 Å². The third-order valence-electron chi connectivity index (χ3n) is 3.30. The Morgan fingerprint density at radius 1 is 1.28 bits per heavy atom. The molecule has 5 heteroatoms. The van der Waals surface area contributed by atoms with Crippen molar-refractivity contribution in [2.45, 2.75) is 19.5 Å². The number of hydrogen-bond donors (Lipinski definition) is 1. The molecular weight excluding hydrogens is 228 g/mol. The Morgan fingerprint density at radius 2 is 2.06 bits per heavy atom. The van der Waals surface area contributed by atoms with Gasteiger partial charge in [-0.15, -0.1) is 10.2 Å². The molecule has 0 saturated carbocycles. The molecule has 3 rings (SSSR count). The molecule has 1 atom stereocenters. The first-order valence-corrected chi connectivity index (χ1v) is 6.10. The summed E-state index contributed by atoms with van der Waals surface area (Å²) in [5.74, 6) is 2.79. The second kappa shape index (κ2) is 4.42. The van der Waals surface area contributed by atoms with E-state index in [0.717, 1.165) is 36.1 Å². The number of methoxy groups -OCH3 is 1. The Morgan fingerprint density at radius 3 is 2.78 bits per heavy atom. The van der Waals surface area contributed by atoms with Crippen LogP contribution in [0.15, 0.2) is 24.3 Å². The van der Waals surface area contributed by atoms with Crippen LogP contribution < -0.4 is 10.1 Å². The summed E-state index contributed by atoms with van der Waals surface area (Å²) in [6, 6.07) is 8.19. The summed E-state index contributed by atoms with van der Waals surface area (Å²) < 4.78 is 7.35. The number of aromatic nitrogens is 3. The second-order valence-corrected chi connectivity index (χ2v) is 4.44. The average molecular weight is 244 g/mol. The Bertz CT molecular complexity index is 547. The van der Waals surface area contributed by atoms with E-state index in [0.29, 0.717) is 0 Å². The van der Waals surface area contributed by atoms with E-state index in [1.54, 1.807) is 7.11 Å². The van der Waals surface area contributed by atoms with Crippen LogP contribution in [0.1, 0.15) is 18.8 Å².